The van der Waals surface area contributed by atoms with Gasteiger partial charge < -0.3 is 15.5 Å². The zero-order valence-corrected chi connectivity index (χ0v) is 12.7. The fourth-order valence-electron chi connectivity index (χ4n) is 3.21. The van der Waals surface area contributed by atoms with E-state index < -0.39 is 0 Å². The van der Waals surface area contributed by atoms with Crippen molar-refractivity contribution in [2.45, 2.75) is 45.6 Å². The third-order valence-corrected chi connectivity index (χ3v) is 4.53. The van der Waals surface area contributed by atoms with Crippen LogP contribution in [0.3, 0.4) is 0 Å². The highest BCUT2D eigenvalue weighted by molar-refractivity contribution is 5.81. The monoisotopic (exact) mass is 281 g/mol. The smallest absolute Gasteiger partial charge is 0.227 e. The fourth-order valence-corrected chi connectivity index (χ4v) is 3.21. The molecule has 2 N–H and O–H groups in total. The van der Waals surface area contributed by atoms with Crippen molar-refractivity contribution in [1.29, 1.82) is 0 Å². The molecule has 20 heavy (non-hydrogen) atoms. The first-order valence-electron chi connectivity index (χ1n) is 7.84. The average Bonchev–Trinajstić information content (AvgIpc) is 2.46. The molecule has 0 aromatic rings. The molecule has 5 nitrogen and oxygen atoms in total. The van der Waals surface area contributed by atoms with Crippen LogP contribution < -0.4 is 5.73 Å². The summed E-state index contributed by atoms with van der Waals surface area (Å²) >= 11 is 0. The van der Waals surface area contributed by atoms with Gasteiger partial charge >= 0.3 is 0 Å². The average molecular weight is 281 g/mol. The molecule has 0 bridgehead atoms. The number of nitrogens with two attached hydrogens (primary N) is 1. The fraction of sp³-hybridized carbons (Fsp3) is 0.867. The molecule has 2 unspecified atom stereocenters. The first-order valence-corrected chi connectivity index (χ1v) is 7.84. The third-order valence-electron chi connectivity index (χ3n) is 4.53. The Balaban J connectivity index is 1.87. The molecule has 1 aliphatic carbocycles. The highest BCUT2D eigenvalue weighted by Crippen LogP contribution is 2.25. The molecule has 2 fully saturated rings. The van der Waals surface area contributed by atoms with Crippen LogP contribution >= 0.6 is 0 Å². The molecule has 2 rings (SSSR count). The minimum absolute atomic E-state index is 0.00361. The third kappa shape index (κ3) is 3.32. The lowest BCUT2D eigenvalue weighted by Crippen LogP contribution is -2.54. The summed E-state index contributed by atoms with van der Waals surface area (Å²) in [6.45, 7) is 6.46. The number of rotatable bonds is 2. The lowest BCUT2D eigenvalue weighted by molar-refractivity contribution is -0.144. The van der Waals surface area contributed by atoms with Crippen molar-refractivity contribution in [1.82, 2.24) is 9.80 Å². The van der Waals surface area contributed by atoms with E-state index in [1.54, 1.807) is 0 Å². The van der Waals surface area contributed by atoms with Crippen LogP contribution in [0, 0.1) is 11.8 Å². The van der Waals surface area contributed by atoms with E-state index >= 15 is 0 Å². The van der Waals surface area contributed by atoms with E-state index in [0.717, 1.165) is 25.7 Å². The molecule has 114 valence electrons. The molecule has 0 aromatic carbocycles. The van der Waals surface area contributed by atoms with E-state index in [0.29, 0.717) is 26.2 Å². The molecule has 0 spiro atoms. The summed E-state index contributed by atoms with van der Waals surface area (Å²) in [6.07, 6.45) is 4.13. The van der Waals surface area contributed by atoms with Gasteiger partial charge in [0.25, 0.3) is 0 Å². The van der Waals surface area contributed by atoms with Crippen LogP contribution in [-0.2, 0) is 9.59 Å². The van der Waals surface area contributed by atoms with E-state index in [1.165, 1.54) is 0 Å². The zero-order chi connectivity index (χ0) is 14.7. The highest BCUT2D eigenvalue weighted by atomic mass is 16.2. The van der Waals surface area contributed by atoms with Crippen LogP contribution in [0.2, 0.25) is 0 Å². The van der Waals surface area contributed by atoms with Crippen molar-refractivity contribution in [3.05, 3.63) is 0 Å². The Labute approximate surface area is 121 Å². The van der Waals surface area contributed by atoms with Gasteiger partial charge in [0.05, 0.1) is 5.92 Å². The summed E-state index contributed by atoms with van der Waals surface area (Å²) in [5, 5.41) is 0. The summed E-state index contributed by atoms with van der Waals surface area (Å²) in [4.78, 5) is 28.2. The predicted octanol–water partition coefficient (Wildman–Crippen LogP) is 0.831. The Morgan fingerprint density at radius 3 is 2.10 bits per heavy atom. The Kier molecular flexibility index (Phi) is 5.02. The second-order valence-corrected chi connectivity index (χ2v) is 6.36. The standard InChI is InChI=1S/C15H27N3O2/c1-11(2)14(19)17-7-9-18(10-8-17)15(20)12-5-3-4-6-13(12)16/h11-13H,3-10,16H2,1-2H3. The Bertz CT molecular complexity index is 362. The number of carbonyl (C=O) groups is 2. The van der Waals surface area contributed by atoms with Gasteiger partial charge in [-0.2, -0.15) is 0 Å². The molecule has 0 aromatic heterocycles. The maximum Gasteiger partial charge on any atom is 0.227 e. The summed E-state index contributed by atoms with van der Waals surface area (Å²) in [5.41, 5.74) is 6.09. The van der Waals surface area contributed by atoms with Gasteiger partial charge in [-0.25, -0.2) is 0 Å². The first-order chi connectivity index (χ1) is 9.50. The van der Waals surface area contributed by atoms with E-state index in [4.69, 9.17) is 5.73 Å². The van der Waals surface area contributed by atoms with Gasteiger partial charge in [0.1, 0.15) is 0 Å². The molecule has 2 atom stereocenters. The molecule has 1 saturated heterocycles. The van der Waals surface area contributed by atoms with E-state index in [9.17, 15) is 9.59 Å². The van der Waals surface area contributed by atoms with Crippen molar-refractivity contribution in [3.8, 4) is 0 Å². The summed E-state index contributed by atoms with van der Waals surface area (Å²) in [5.74, 6) is 0.417. The van der Waals surface area contributed by atoms with Crippen LogP contribution in [0.4, 0.5) is 0 Å². The van der Waals surface area contributed by atoms with Crippen LogP contribution in [0.5, 0.6) is 0 Å². The number of hydrogen-bond acceptors (Lipinski definition) is 3. The van der Waals surface area contributed by atoms with Gasteiger partial charge in [-0.15, -0.1) is 0 Å². The second-order valence-electron chi connectivity index (χ2n) is 6.36. The molecular weight excluding hydrogens is 254 g/mol. The number of piperazine rings is 1. The topological polar surface area (TPSA) is 66.6 Å². The minimum Gasteiger partial charge on any atom is -0.339 e. The maximum atomic E-state index is 12.5. The van der Waals surface area contributed by atoms with Gasteiger partial charge in [-0.1, -0.05) is 26.7 Å². The van der Waals surface area contributed by atoms with Gasteiger partial charge in [-0.05, 0) is 12.8 Å². The van der Waals surface area contributed by atoms with Crippen LogP contribution in [0.25, 0.3) is 0 Å². The van der Waals surface area contributed by atoms with Crippen LogP contribution in [-0.4, -0.2) is 53.8 Å². The molecule has 1 saturated carbocycles. The Morgan fingerprint density at radius 2 is 1.55 bits per heavy atom. The zero-order valence-electron chi connectivity index (χ0n) is 12.7. The number of hydrogen-bond donors (Lipinski definition) is 1. The number of amides is 2. The highest BCUT2D eigenvalue weighted by Gasteiger charge is 2.33. The molecule has 5 heteroatoms. The number of carbonyl (C=O) groups excluding carboxylic acids is 2. The molecular formula is C15H27N3O2. The molecule has 0 radical (unpaired) electrons. The largest absolute Gasteiger partial charge is 0.339 e. The predicted molar refractivity (Wildman–Crippen MR) is 77.9 cm³/mol. The van der Waals surface area contributed by atoms with Crippen molar-refractivity contribution in [2.75, 3.05) is 26.2 Å². The lowest BCUT2D eigenvalue weighted by Gasteiger charge is -2.39. The Morgan fingerprint density at radius 1 is 1.00 bits per heavy atom. The van der Waals surface area contributed by atoms with Gasteiger partial charge in [0, 0.05) is 38.1 Å². The van der Waals surface area contributed by atoms with E-state index in [1.807, 2.05) is 23.6 Å². The minimum atomic E-state index is -0.00361. The molecule has 2 amide bonds. The van der Waals surface area contributed by atoms with Crippen molar-refractivity contribution < 1.29 is 9.59 Å². The van der Waals surface area contributed by atoms with Gasteiger partial charge in [0.2, 0.25) is 11.8 Å². The van der Waals surface area contributed by atoms with Crippen LogP contribution in [0.15, 0.2) is 0 Å². The van der Waals surface area contributed by atoms with Gasteiger partial charge in [-0.3, -0.25) is 9.59 Å². The number of nitrogens with zero attached hydrogens (tertiary/aromatic N) is 2. The Hall–Kier alpha value is -1.10. The SMILES string of the molecule is CC(C)C(=O)N1CCN(C(=O)C2CCCCC2N)CC1. The van der Waals surface area contributed by atoms with Gasteiger partial charge in [0.15, 0.2) is 0 Å². The second kappa shape index (κ2) is 6.57. The molecule has 2 aliphatic rings. The summed E-state index contributed by atoms with van der Waals surface area (Å²) in [7, 11) is 0. The van der Waals surface area contributed by atoms with Crippen molar-refractivity contribution in [3.63, 3.8) is 0 Å². The lowest BCUT2D eigenvalue weighted by atomic mass is 9.84. The normalized spacial score (nSPS) is 27.8. The van der Waals surface area contributed by atoms with E-state index in [-0.39, 0.29) is 29.7 Å². The van der Waals surface area contributed by atoms with E-state index in [2.05, 4.69) is 0 Å². The van der Waals surface area contributed by atoms with Crippen LogP contribution in [0.1, 0.15) is 39.5 Å². The van der Waals surface area contributed by atoms with Crippen molar-refractivity contribution in [2.24, 2.45) is 17.6 Å². The summed E-state index contributed by atoms with van der Waals surface area (Å²) < 4.78 is 0. The van der Waals surface area contributed by atoms with Crippen molar-refractivity contribution >= 4 is 11.8 Å². The molecule has 1 heterocycles. The summed E-state index contributed by atoms with van der Waals surface area (Å²) in [6, 6.07) is 0.0200. The first kappa shape index (κ1) is 15.3. The maximum absolute atomic E-state index is 12.5. The molecule has 1 aliphatic heterocycles. The quantitative estimate of drug-likeness (QED) is 0.815.